The van der Waals surface area contributed by atoms with Gasteiger partial charge >= 0.3 is 5.97 Å². The standard InChI is InChI=1S/C23H23NO5/c1-15(17-11-6-9-16-8-4-5-10-18(16)17)24-21(25)14-29-23(26)22-19(27-2)12-7-13-20(22)28-3/h4-13,15H,14H2,1-3H3,(H,24,25)/t15-/m0/s1. The normalized spacial score (nSPS) is 11.6. The minimum absolute atomic E-state index is 0.146. The summed E-state index contributed by atoms with van der Waals surface area (Å²) in [4.78, 5) is 24.8. The molecule has 0 heterocycles. The number of fused-ring (bicyclic) bond motifs is 1. The Kier molecular flexibility index (Phi) is 6.34. The Labute approximate surface area is 169 Å². The van der Waals surface area contributed by atoms with Crippen molar-refractivity contribution in [1.82, 2.24) is 5.32 Å². The molecule has 0 radical (unpaired) electrons. The summed E-state index contributed by atoms with van der Waals surface area (Å²) in [5, 5.41) is 5.04. The molecular weight excluding hydrogens is 370 g/mol. The first-order valence-corrected chi connectivity index (χ1v) is 9.20. The molecule has 6 heteroatoms. The summed E-state index contributed by atoms with van der Waals surface area (Å²) >= 11 is 0. The summed E-state index contributed by atoms with van der Waals surface area (Å²) in [5.74, 6) is -0.447. The third-order valence-corrected chi connectivity index (χ3v) is 4.63. The number of nitrogens with one attached hydrogen (secondary N) is 1. The lowest BCUT2D eigenvalue weighted by molar-refractivity contribution is -0.124. The van der Waals surface area contributed by atoms with E-state index in [1.807, 2.05) is 49.4 Å². The van der Waals surface area contributed by atoms with Gasteiger partial charge < -0.3 is 19.5 Å². The van der Waals surface area contributed by atoms with E-state index in [4.69, 9.17) is 14.2 Å². The van der Waals surface area contributed by atoms with Crippen LogP contribution in [0, 0.1) is 0 Å². The summed E-state index contributed by atoms with van der Waals surface area (Å²) in [7, 11) is 2.90. The number of ether oxygens (including phenoxy) is 3. The van der Waals surface area contributed by atoms with Gasteiger partial charge in [0.25, 0.3) is 5.91 Å². The first kappa shape index (κ1) is 20.2. The summed E-state index contributed by atoms with van der Waals surface area (Å²) in [5.41, 5.74) is 1.14. The molecule has 3 aromatic carbocycles. The molecule has 0 aliphatic rings. The Morgan fingerprint density at radius 1 is 0.897 bits per heavy atom. The number of rotatable bonds is 7. The first-order valence-electron chi connectivity index (χ1n) is 9.20. The molecule has 150 valence electrons. The van der Waals surface area contributed by atoms with Crippen molar-refractivity contribution in [3.63, 3.8) is 0 Å². The smallest absolute Gasteiger partial charge is 0.346 e. The number of amides is 1. The quantitative estimate of drug-likeness (QED) is 0.617. The van der Waals surface area contributed by atoms with Crippen LogP contribution in [0.25, 0.3) is 10.8 Å². The van der Waals surface area contributed by atoms with Gasteiger partial charge in [0.1, 0.15) is 17.1 Å². The number of esters is 1. The molecule has 3 aromatic rings. The zero-order valence-corrected chi connectivity index (χ0v) is 16.6. The minimum atomic E-state index is -0.688. The molecule has 0 aliphatic carbocycles. The number of hydrogen-bond acceptors (Lipinski definition) is 5. The maximum absolute atomic E-state index is 12.5. The molecule has 0 aliphatic heterocycles. The zero-order chi connectivity index (χ0) is 20.8. The molecule has 1 amide bonds. The van der Waals surface area contributed by atoms with Crippen molar-refractivity contribution < 1.29 is 23.8 Å². The van der Waals surface area contributed by atoms with E-state index < -0.39 is 18.5 Å². The van der Waals surface area contributed by atoms with Crippen molar-refractivity contribution in [2.24, 2.45) is 0 Å². The van der Waals surface area contributed by atoms with Crippen molar-refractivity contribution in [3.8, 4) is 11.5 Å². The number of carbonyl (C=O) groups is 2. The molecule has 1 N–H and O–H groups in total. The third kappa shape index (κ3) is 4.48. The fourth-order valence-corrected chi connectivity index (χ4v) is 3.24. The molecule has 0 spiro atoms. The second kappa shape index (κ2) is 9.10. The maximum atomic E-state index is 12.5. The van der Waals surface area contributed by atoms with E-state index >= 15 is 0 Å². The lowest BCUT2D eigenvalue weighted by Gasteiger charge is -2.17. The van der Waals surface area contributed by atoms with Gasteiger partial charge in [-0.15, -0.1) is 0 Å². The zero-order valence-electron chi connectivity index (χ0n) is 16.6. The second-order valence-electron chi connectivity index (χ2n) is 6.47. The van der Waals surface area contributed by atoms with Crippen LogP contribution in [0.5, 0.6) is 11.5 Å². The highest BCUT2D eigenvalue weighted by Crippen LogP contribution is 2.29. The van der Waals surface area contributed by atoms with Crippen LogP contribution < -0.4 is 14.8 Å². The molecular formula is C23H23NO5. The third-order valence-electron chi connectivity index (χ3n) is 4.63. The lowest BCUT2D eigenvalue weighted by atomic mass is 10.00. The lowest BCUT2D eigenvalue weighted by Crippen LogP contribution is -2.31. The largest absolute Gasteiger partial charge is 0.496 e. The number of carbonyl (C=O) groups excluding carboxylic acids is 2. The van der Waals surface area contributed by atoms with Crippen molar-refractivity contribution in [3.05, 3.63) is 71.8 Å². The Balaban J connectivity index is 1.66. The van der Waals surface area contributed by atoms with Gasteiger partial charge in [-0.1, -0.05) is 48.5 Å². The van der Waals surface area contributed by atoms with Crippen LogP contribution in [0.1, 0.15) is 28.9 Å². The molecule has 0 aromatic heterocycles. The van der Waals surface area contributed by atoms with E-state index in [2.05, 4.69) is 5.32 Å². The van der Waals surface area contributed by atoms with E-state index in [-0.39, 0.29) is 11.6 Å². The molecule has 0 saturated heterocycles. The maximum Gasteiger partial charge on any atom is 0.346 e. The second-order valence-corrected chi connectivity index (χ2v) is 6.47. The van der Waals surface area contributed by atoms with E-state index in [0.29, 0.717) is 11.5 Å². The topological polar surface area (TPSA) is 73.9 Å². The Morgan fingerprint density at radius 3 is 2.21 bits per heavy atom. The van der Waals surface area contributed by atoms with Gasteiger partial charge in [0.05, 0.1) is 20.3 Å². The first-order chi connectivity index (χ1) is 14.0. The van der Waals surface area contributed by atoms with Crippen LogP contribution in [0.3, 0.4) is 0 Å². The van der Waals surface area contributed by atoms with E-state index in [1.165, 1.54) is 14.2 Å². The fraction of sp³-hybridized carbons (Fsp3) is 0.217. The SMILES string of the molecule is COc1cccc(OC)c1C(=O)OCC(=O)N[C@@H](C)c1cccc2ccccc12. The fourth-order valence-electron chi connectivity index (χ4n) is 3.24. The molecule has 3 rings (SSSR count). The highest BCUT2D eigenvalue weighted by atomic mass is 16.5. The number of benzene rings is 3. The highest BCUT2D eigenvalue weighted by molar-refractivity contribution is 5.97. The van der Waals surface area contributed by atoms with Gasteiger partial charge in [-0.25, -0.2) is 4.79 Å². The average Bonchev–Trinajstić information content (AvgIpc) is 2.76. The van der Waals surface area contributed by atoms with Crippen LogP contribution in [-0.4, -0.2) is 32.7 Å². The van der Waals surface area contributed by atoms with Crippen LogP contribution in [0.15, 0.2) is 60.7 Å². The molecule has 0 bridgehead atoms. The predicted molar refractivity (Wildman–Crippen MR) is 110 cm³/mol. The van der Waals surface area contributed by atoms with Gasteiger partial charge in [-0.05, 0) is 35.4 Å². The summed E-state index contributed by atoms with van der Waals surface area (Å²) in [6, 6.07) is 18.6. The van der Waals surface area contributed by atoms with Crippen molar-refractivity contribution in [2.75, 3.05) is 20.8 Å². The predicted octanol–water partition coefficient (Wildman–Crippen LogP) is 3.89. The summed E-state index contributed by atoms with van der Waals surface area (Å²) < 4.78 is 15.6. The van der Waals surface area contributed by atoms with Crippen molar-refractivity contribution in [1.29, 1.82) is 0 Å². The van der Waals surface area contributed by atoms with Gasteiger partial charge in [0, 0.05) is 0 Å². The van der Waals surface area contributed by atoms with Gasteiger partial charge in [0.2, 0.25) is 0 Å². The Bertz CT molecular complexity index is 1000. The van der Waals surface area contributed by atoms with Gasteiger partial charge in [-0.2, -0.15) is 0 Å². The minimum Gasteiger partial charge on any atom is -0.496 e. The average molecular weight is 393 g/mol. The van der Waals surface area contributed by atoms with E-state index in [0.717, 1.165) is 16.3 Å². The highest BCUT2D eigenvalue weighted by Gasteiger charge is 2.21. The number of hydrogen-bond donors (Lipinski definition) is 1. The molecule has 1 atom stereocenters. The van der Waals surface area contributed by atoms with Gasteiger partial charge in [-0.3, -0.25) is 4.79 Å². The van der Waals surface area contributed by atoms with E-state index in [9.17, 15) is 9.59 Å². The molecule has 0 unspecified atom stereocenters. The monoisotopic (exact) mass is 393 g/mol. The summed E-state index contributed by atoms with van der Waals surface area (Å²) in [6.07, 6.45) is 0. The molecule has 6 nitrogen and oxygen atoms in total. The van der Waals surface area contributed by atoms with Crippen LogP contribution in [0.4, 0.5) is 0 Å². The van der Waals surface area contributed by atoms with Crippen LogP contribution >= 0.6 is 0 Å². The van der Waals surface area contributed by atoms with Crippen LogP contribution in [0.2, 0.25) is 0 Å². The Morgan fingerprint density at radius 2 is 1.52 bits per heavy atom. The van der Waals surface area contributed by atoms with E-state index in [1.54, 1.807) is 18.2 Å². The number of methoxy groups -OCH3 is 2. The van der Waals surface area contributed by atoms with Crippen LogP contribution in [-0.2, 0) is 9.53 Å². The Hall–Kier alpha value is -3.54. The molecule has 29 heavy (non-hydrogen) atoms. The molecule has 0 saturated carbocycles. The summed E-state index contributed by atoms with van der Waals surface area (Å²) in [6.45, 7) is 1.49. The molecule has 0 fully saturated rings. The van der Waals surface area contributed by atoms with Crippen molar-refractivity contribution >= 4 is 22.6 Å². The van der Waals surface area contributed by atoms with Gasteiger partial charge in [0.15, 0.2) is 6.61 Å². The van der Waals surface area contributed by atoms with Crippen molar-refractivity contribution in [2.45, 2.75) is 13.0 Å².